The van der Waals surface area contributed by atoms with Crippen LogP contribution >= 0.6 is 0 Å². The van der Waals surface area contributed by atoms with Crippen molar-refractivity contribution >= 4 is 17.5 Å². The van der Waals surface area contributed by atoms with Crippen molar-refractivity contribution in [1.29, 1.82) is 0 Å². The van der Waals surface area contributed by atoms with Gasteiger partial charge in [-0.15, -0.1) is 0 Å². The Morgan fingerprint density at radius 3 is 2.80 bits per heavy atom. The van der Waals surface area contributed by atoms with Crippen molar-refractivity contribution in [1.82, 2.24) is 14.3 Å². The van der Waals surface area contributed by atoms with Gasteiger partial charge in [-0.2, -0.15) is 0 Å². The third-order valence-corrected chi connectivity index (χ3v) is 5.97. The summed E-state index contributed by atoms with van der Waals surface area (Å²) in [6, 6.07) is 3.93. The molecule has 0 N–H and O–H groups in total. The van der Waals surface area contributed by atoms with Crippen molar-refractivity contribution in [2.24, 2.45) is 16.7 Å². The maximum absolute atomic E-state index is 13.0. The molecule has 0 aromatic carbocycles. The quantitative estimate of drug-likeness (QED) is 0.786. The lowest BCUT2D eigenvalue weighted by Crippen LogP contribution is -2.57. The number of carbonyl (C=O) groups excluding carboxylic acids is 2. The predicted molar refractivity (Wildman–Crippen MR) is 92.2 cm³/mol. The first-order valence-electron chi connectivity index (χ1n) is 8.60. The molecule has 1 aliphatic heterocycles. The molecule has 2 aromatic heterocycles. The summed E-state index contributed by atoms with van der Waals surface area (Å²) in [4.78, 5) is 31.6. The van der Waals surface area contributed by atoms with Gasteiger partial charge in [0.25, 0.3) is 5.91 Å². The van der Waals surface area contributed by atoms with E-state index in [2.05, 4.69) is 18.8 Å². The Morgan fingerprint density at radius 2 is 2.12 bits per heavy atom. The number of imidazole rings is 1. The molecule has 25 heavy (non-hydrogen) atoms. The van der Waals surface area contributed by atoms with E-state index in [4.69, 9.17) is 4.74 Å². The number of esters is 1. The van der Waals surface area contributed by atoms with Crippen molar-refractivity contribution in [2.75, 3.05) is 20.2 Å². The Bertz CT molecular complexity index is 885. The molecule has 0 spiro atoms. The first-order chi connectivity index (χ1) is 11.8. The Kier molecular flexibility index (Phi) is 3.27. The van der Waals surface area contributed by atoms with Crippen molar-refractivity contribution < 1.29 is 14.3 Å². The molecular weight excluding hydrogens is 318 g/mol. The largest absolute Gasteiger partial charge is 0.469 e. The highest BCUT2D eigenvalue weighted by molar-refractivity contribution is 5.94. The lowest BCUT2D eigenvalue weighted by atomic mass is 9.48. The fourth-order valence-corrected chi connectivity index (χ4v) is 4.88. The van der Waals surface area contributed by atoms with E-state index < -0.39 is 5.41 Å². The van der Waals surface area contributed by atoms with Gasteiger partial charge in [-0.05, 0) is 42.4 Å². The molecule has 2 aliphatic rings. The number of hydrogen-bond donors (Lipinski definition) is 0. The molecule has 0 unspecified atom stereocenters. The standard InChI is InChI=1S/C19H23N3O3/c1-12-5-6-21-8-13(20-15(21)7-12)16(23)22-9-14-18(2,3)10-19(14,11-22)17(24)25-4/h5-8,14H,9-11H2,1-4H3/t14-,19+/m1/s1. The second-order valence-electron chi connectivity index (χ2n) is 8.15. The van der Waals surface area contributed by atoms with Crippen LogP contribution in [-0.4, -0.2) is 46.4 Å². The smallest absolute Gasteiger partial charge is 0.314 e. The maximum Gasteiger partial charge on any atom is 0.314 e. The van der Waals surface area contributed by atoms with E-state index in [1.54, 1.807) is 11.1 Å². The molecule has 6 heteroatoms. The molecular formula is C19H23N3O3. The number of hydrogen-bond acceptors (Lipinski definition) is 4. The van der Waals surface area contributed by atoms with Crippen LogP contribution < -0.4 is 0 Å². The highest BCUT2D eigenvalue weighted by Gasteiger charge is 2.68. The van der Waals surface area contributed by atoms with Crippen LogP contribution in [0.2, 0.25) is 0 Å². The predicted octanol–water partition coefficient (Wildman–Crippen LogP) is 2.30. The molecule has 4 rings (SSSR count). The Morgan fingerprint density at radius 1 is 1.36 bits per heavy atom. The molecule has 132 valence electrons. The average molecular weight is 341 g/mol. The number of nitrogens with zero attached hydrogens (tertiary/aromatic N) is 3. The summed E-state index contributed by atoms with van der Waals surface area (Å²) < 4.78 is 6.90. The van der Waals surface area contributed by atoms with Gasteiger partial charge in [0.2, 0.25) is 0 Å². The van der Waals surface area contributed by atoms with Gasteiger partial charge in [0, 0.05) is 25.5 Å². The average Bonchev–Trinajstić information content (AvgIpc) is 3.12. The van der Waals surface area contributed by atoms with Crippen LogP contribution in [0.25, 0.3) is 5.65 Å². The van der Waals surface area contributed by atoms with E-state index in [-0.39, 0.29) is 23.2 Å². The zero-order valence-electron chi connectivity index (χ0n) is 15.1. The van der Waals surface area contributed by atoms with Crippen LogP contribution in [0.1, 0.15) is 36.3 Å². The summed E-state index contributed by atoms with van der Waals surface area (Å²) in [7, 11) is 1.42. The fraction of sp³-hybridized carbons (Fsp3) is 0.526. The van der Waals surface area contributed by atoms with Crippen LogP contribution in [0, 0.1) is 23.7 Å². The van der Waals surface area contributed by atoms with Gasteiger partial charge in [0.05, 0.1) is 12.5 Å². The van der Waals surface area contributed by atoms with Crippen LogP contribution in [0.3, 0.4) is 0 Å². The summed E-state index contributed by atoms with van der Waals surface area (Å²) in [5.74, 6) is -0.178. The van der Waals surface area contributed by atoms with Gasteiger partial charge in [-0.3, -0.25) is 9.59 Å². The Hall–Kier alpha value is -2.37. The lowest BCUT2D eigenvalue weighted by molar-refractivity contribution is -0.174. The number of methoxy groups -OCH3 is 1. The molecule has 2 atom stereocenters. The molecule has 1 amide bonds. The highest BCUT2D eigenvalue weighted by Crippen LogP contribution is 2.63. The highest BCUT2D eigenvalue weighted by atomic mass is 16.5. The van der Waals surface area contributed by atoms with Crippen LogP contribution in [0.5, 0.6) is 0 Å². The zero-order valence-corrected chi connectivity index (χ0v) is 15.1. The summed E-state index contributed by atoms with van der Waals surface area (Å²) >= 11 is 0. The zero-order chi connectivity index (χ0) is 18.0. The van der Waals surface area contributed by atoms with Gasteiger partial charge in [-0.25, -0.2) is 4.98 Å². The monoisotopic (exact) mass is 341 g/mol. The Balaban J connectivity index is 1.63. The molecule has 3 heterocycles. The summed E-state index contributed by atoms with van der Waals surface area (Å²) in [6.07, 6.45) is 4.42. The minimum atomic E-state index is -0.552. The Labute approximate surface area is 146 Å². The molecule has 1 saturated carbocycles. The van der Waals surface area contributed by atoms with Crippen molar-refractivity contribution in [3.63, 3.8) is 0 Å². The molecule has 1 saturated heterocycles. The number of rotatable bonds is 2. The number of likely N-dealkylation sites (tertiary alicyclic amines) is 1. The van der Waals surface area contributed by atoms with Crippen LogP contribution in [0.15, 0.2) is 24.5 Å². The number of ether oxygens (including phenoxy) is 1. The topological polar surface area (TPSA) is 63.9 Å². The molecule has 0 radical (unpaired) electrons. The third-order valence-electron chi connectivity index (χ3n) is 5.97. The second-order valence-corrected chi connectivity index (χ2v) is 8.15. The van der Waals surface area contributed by atoms with E-state index in [1.165, 1.54) is 7.11 Å². The van der Waals surface area contributed by atoms with Gasteiger partial charge in [0.1, 0.15) is 11.3 Å². The summed E-state index contributed by atoms with van der Waals surface area (Å²) in [5, 5.41) is 0. The van der Waals surface area contributed by atoms with Gasteiger partial charge in [0.15, 0.2) is 0 Å². The fourth-order valence-electron chi connectivity index (χ4n) is 4.88. The van der Waals surface area contributed by atoms with Crippen molar-refractivity contribution in [3.8, 4) is 0 Å². The third kappa shape index (κ3) is 2.19. The van der Waals surface area contributed by atoms with E-state index in [0.717, 1.165) is 17.6 Å². The van der Waals surface area contributed by atoms with E-state index in [1.807, 2.05) is 29.7 Å². The summed E-state index contributed by atoms with van der Waals surface area (Å²) in [6.45, 7) is 7.30. The lowest BCUT2D eigenvalue weighted by Gasteiger charge is -2.54. The molecule has 1 aliphatic carbocycles. The normalized spacial score (nSPS) is 27.0. The van der Waals surface area contributed by atoms with Gasteiger partial charge < -0.3 is 14.0 Å². The number of aryl methyl sites for hydroxylation is 1. The first-order valence-corrected chi connectivity index (χ1v) is 8.60. The number of amides is 1. The van der Waals surface area contributed by atoms with Gasteiger partial charge >= 0.3 is 5.97 Å². The number of carbonyl (C=O) groups is 2. The van der Waals surface area contributed by atoms with Crippen LogP contribution in [0.4, 0.5) is 0 Å². The minimum absolute atomic E-state index is 0.0409. The molecule has 0 bridgehead atoms. The van der Waals surface area contributed by atoms with Crippen molar-refractivity contribution in [2.45, 2.75) is 27.2 Å². The maximum atomic E-state index is 13.0. The number of fused-ring (bicyclic) bond motifs is 2. The molecule has 6 nitrogen and oxygen atoms in total. The molecule has 2 fully saturated rings. The SMILES string of the molecule is COC(=O)[C@@]12CN(C(=O)c3cn4ccc(C)cc4n3)C[C@@H]1C(C)(C)C2. The number of pyridine rings is 1. The van der Waals surface area contributed by atoms with Crippen molar-refractivity contribution in [3.05, 3.63) is 35.8 Å². The van der Waals surface area contributed by atoms with E-state index >= 15 is 0 Å². The van der Waals surface area contributed by atoms with E-state index in [9.17, 15) is 9.59 Å². The van der Waals surface area contributed by atoms with E-state index in [0.29, 0.717) is 18.8 Å². The summed E-state index contributed by atoms with van der Waals surface area (Å²) in [5.41, 5.74) is 1.77. The molecule has 2 aromatic rings. The van der Waals surface area contributed by atoms with Crippen LogP contribution in [-0.2, 0) is 9.53 Å². The number of aromatic nitrogens is 2. The second kappa shape index (κ2) is 5.07. The van der Waals surface area contributed by atoms with Gasteiger partial charge in [-0.1, -0.05) is 13.8 Å². The minimum Gasteiger partial charge on any atom is -0.469 e. The first kappa shape index (κ1) is 16.1.